The third-order valence-electron chi connectivity index (χ3n) is 3.18. The minimum absolute atomic E-state index is 0.235. The van der Waals surface area contributed by atoms with Crippen LogP contribution < -0.4 is 0 Å². The van der Waals surface area contributed by atoms with Gasteiger partial charge in [-0.05, 0) is 11.6 Å². The Hall–Kier alpha value is -3.42. The quantitative estimate of drug-likeness (QED) is 0.337. The van der Waals surface area contributed by atoms with Crippen LogP contribution in [0.25, 0.3) is 11.5 Å². The van der Waals surface area contributed by atoms with E-state index < -0.39 is 4.92 Å². The molecule has 116 valence electrons. The number of rotatable bonds is 5. The molecule has 23 heavy (non-hydrogen) atoms. The second kappa shape index (κ2) is 6.14. The van der Waals surface area contributed by atoms with Gasteiger partial charge in [-0.25, -0.2) is 0 Å². The molecule has 8 nitrogen and oxygen atoms in total. The van der Waals surface area contributed by atoms with Crippen molar-refractivity contribution in [3.63, 3.8) is 0 Å². The smallest absolute Gasteiger partial charge is 0.411 e. The first-order chi connectivity index (χ1) is 11.2. The van der Waals surface area contributed by atoms with Gasteiger partial charge in [-0.1, -0.05) is 35.5 Å². The fourth-order valence-electron chi connectivity index (χ4n) is 2.19. The molecule has 0 bridgehead atoms. The van der Waals surface area contributed by atoms with Crippen molar-refractivity contribution in [2.24, 2.45) is 5.16 Å². The Bertz CT molecular complexity index is 852. The Balaban J connectivity index is 1.96. The normalized spacial score (nSPS) is 11.1. The Kier molecular flexibility index (Phi) is 3.88. The molecular formula is C15H12N4O4. The van der Waals surface area contributed by atoms with Gasteiger partial charge >= 0.3 is 5.88 Å². The minimum Gasteiger partial charge on any atom is -0.411 e. The van der Waals surface area contributed by atoms with Crippen LogP contribution in [0.4, 0.5) is 5.88 Å². The molecule has 0 amide bonds. The van der Waals surface area contributed by atoms with E-state index in [1.54, 1.807) is 10.9 Å². The van der Waals surface area contributed by atoms with Crippen molar-refractivity contribution in [2.45, 2.75) is 6.54 Å². The van der Waals surface area contributed by atoms with Crippen molar-refractivity contribution >= 4 is 12.1 Å². The van der Waals surface area contributed by atoms with Gasteiger partial charge in [0, 0.05) is 11.8 Å². The topological polar surface area (TPSA) is 107 Å². The zero-order chi connectivity index (χ0) is 16.2. The summed E-state index contributed by atoms with van der Waals surface area (Å²) in [6, 6.07) is 12.4. The van der Waals surface area contributed by atoms with Crippen LogP contribution in [0.1, 0.15) is 11.1 Å². The van der Waals surface area contributed by atoms with Gasteiger partial charge in [0.2, 0.25) is 0 Å². The molecule has 3 rings (SSSR count). The molecule has 0 unspecified atom stereocenters. The van der Waals surface area contributed by atoms with E-state index in [0.29, 0.717) is 17.8 Å². The zero-order valence-electron chi connectivity index (χ0n) is 11.9. The molecule has 1 N–H and O–H groups in total. The molecular weight excluding hydrogens is 300 g/mol. The Morgan fingerprint density at radius 2 is 2.09 bits per heavy atom. The molecule has 0 spiro atoms. The molecule has 0 saturated heterocycles. The average molecular weight is 312 g/mol. The Morgan fingerprint density at radius 1 is 1.30 bits per heavy atom. The van der Waals surface area contributed by atoms with Crippen molar-refractivity contribution in [1.82, 2.24) is 9.78 Å². The fourth-order valence-corrected chi connectivity index (χ4v) is 2.19. The van der Waals surface area contributed by atoms with E-state index in [2.05, 4.69) is 10.3 Å². The van der Waals surface area contributed by atoms with Gasteiger partial charge in [0.1, 0.15) is 10.6 Å². The lowest BCUT2D eigenvalue weighted by atomic mass is 10.2. The number of oxime groups is 1. The van der Waals surface area contributed by atoms with E-state index in [1.165, 1.54) is 18.3 Å². The summed E-state index contributed by atoms with van der Waals surface area (Å²) in [5.41, 5.74) is 1.90. The second-order valence-corrected chi connectivity index (χ2v) is 4.76. The maximum absolute atomic E-state index is 10.7. The predicted octanol–water partition coefficient (Wildman–Crippen LogP) is 2.91. The van der Waals surface area contributed by atoms with E-state index in [0.717, 1.165) is 5.56 Å². The molecule has 3 aromatic rings. The maximum Gasteiger partial charge on any atom is 0.433 e. The summed E-state index contributed by atoms with van der Waals surface area (Å²) in [4.78, 5) is 10.1. The Labute approximate surface area is 130 Å². The number of hydrogen-bond donors (Lipinski definition) is 1. The second-order valence-electron chi connectivity index (χ2n) is 4.76. The van der Waals surface area contributed by atoms with Gasteiger partial charge in [0.15, 0.2) is 5.76 Å². The van der Waals surface area contributed by atoms with Crippen molar-refractivity contribution in [3.8, 4) is 11.5 Å². The van der Waals surface area contributed by atoms with Gasteiger partial charge in [0.05, 0.1) is 18.8 Å². The lowest BCUT2D eigenvalue weighted by molar-refractivity contribution is -0.401. The van der Waals surface area contributed by atoms with Crippen molar-refractivity contribution in [3.05, 3.63) is 69.9 Å². The van der Waals surface area contributed by atoms with Crippen LogP contribution in [0, 0.1) is 10.1 Å². The SMILES string of the molecule is O=[N+]([O-])c1ccc(-c2nn(Cc3ccccc3)cc2C=NO)o1. The van der Waals surface area contributed by atoms with E-state index in [4.69, 9.17) is 9.62 Å². The van der Waals surface area contributed by atoms with Crippen molar-refractivity contribution < 1.29 is 14.5 Å². The van der Waals surface area contributed by atoms with Crippen molar-refractivity contribution in [1.29, 1.82) is 0 Å². The number of benzene rings is 1. The van der Waals surface area contributed by atoms with Crippen LogP contribution in [-0.4, -0.2) is 26.1 Å². The zero-order valence-corrected chi connectivity index (χ0v) is 11.9. The van der Waals surface area contributed by atoms with Crippen LogP contribution in [-0.2, 0) is 6.54 Å². The van der Waals surface area contributed by atoms with E-state index in [9.17, 15) is 10.1 Å². The first kappa shape index (κ1) is 14.5. The molecule has 8 heteroatoms. The summed E-state index contributed by atoms with van der Waals surface area (Å²) in [7, 11) is 0. The number of nitro groups is 1. The number of hydrogen-bond acceptors (Lipinski definition) is 6. The standard InChI is InChI=1S/C15H12N4O4/c20-16-8-12-10-18(9-11-4-2-1-3-5-11)17-15(12)13-6-7-14(23-13)19(21)22/h1-8,10,20H,9H2. The average Bonchev–Trinajstić information content (AvgIpc) is 3.16. The molecule has 0 fully saturated rings. The van der Waals surface area contributed by atoms with Crippen LogP contribution in [0.15, 0.2) is 58.2 Å². The van der Waals surface area contributed by atoms with E-state index in [-0.39, 0.29) is 11.6 Å². The number of furan rings is 1. The lowest BCUT2D eigenvalue weighted by Gasteiger charge is -2.00. The van der Waals surface area contributed by atoms with Gasteiger partial charge in [-0.15, -0.1) is 0 Å². The third kappa shape index (κ3) is 3.10. The highest BCUT2D eigenvalue weighted by molar-refractivity contribution is 5.87. The molecule has 0 radical (unpaired) electrons. The summed E-state index contributed by atoms with van der Waals surface area (Å²) >= 11 is 0. The maximum atomic E-state index is 10.7. The minimum atomic E-state index is -0.621. The summed E-state index contributed by atoms with van der Waals surface area (Å²) < 4.78 is 6.81. The van der Waals surface area contributed by atoms with Crippen molar-refractivity contribution in [2.75, 3.05) is 0 Å². The summed E-state index contributed by atoms with van der Waals surface area (Å²) in [6.45, 7) is 0.510. The largest absolute Gasteiger partial charge is 0.433 e. The first-order valence-electron chi connectivity index (χ1n) is 6.71. The van der Waals surface area contributed by atoms with E-state index in [1.807, 2.05) is 30.3 Å². The monoisotopic (exact) mass is 312 g/mol. The van der Waals surface area contributed by atoms with Gasteiger partial charge in [-0.3, -0.25) is 14.8 Å². The molecule has 0 saturated carbocycles. The predicted molar refractivity (Wildman–Crippen MR) is 81.5 cm³/mol. The summed E-state index contributed by atoms with van der Waals surface area (Å²) in [6.07, 6.45) is 2.88. The number of aromatic nitrogens is 2. The molecule has 2 heterocycles. The molecule has 0 aliphatic rings. The highest BCUT2D eigenvalue weighted by Crippen LogP contribution is 2.27. The van der Waals surface area contributed by atoms with Crippen LogP contribution >= 0.6 is 0 Å². The van der Waals surface area contributed by atoms with Crippen LogP contribution in [0.5, 0.6) is 0 Å². The molecule has 0 aliphatic heterocycles. The Morgan fingerprint density at radius 3 is 2.74 bits per heavy atom. The van der Waals surface area contributed by atoms with Gasteiger partial charge in [0.25, 0.3) is 0 Å². The molecule has 2 aromatic heterocycles. The molecule has 1 aromatic carbocycles. The number of nitrogens with zero attached hydrogens (tertiary/aromatic N) is 4. The fraction of sp³-hybridized carbons (Fsp3) is 0.0667. The molecule has 0 aliphatic carbocycles. The summed E-state index contributed by atoms with van der Waals surface area (Å²) in [5, 5.41) is 26.9. The first-order valence-corrected chi connectivity index (χ1v) is 6.71. The lowest BCUT2D eigenvalue weighted by Crippen LogP contribution is -1.99. The van der Waals surface area contributed by atoms with Gasteiger partial charge in [-0.2, -0.15) is 5.10 Å². The van der Waals surface area contributed by atoms with E-state index >= 15 is 0 Å². The molecule has 0 atom stereocenters. The third-order valence-corrected chi connectivity index (χ3v) is 3.18. The highest BCUT2D eigenvalue weighted by atomic mass is 16.6. The van der Waals surface area contributed by atoms with Gasteiger partial charge < -0.3 is 9.62 Å². The highest BCUT2D eigenvalue weighted by Gasteiger charge is 2.18. The van der Waals surface area contributed by atoms with Crippen LogP contribution in [0.3, 0.4) is 0 Å². The summed E-state index contributed by atoms with van der Waals surface area (Å²) in [5.74, 6) is -0.136. The van der Waals surface area contributed by atoms with Crippen LogP contribution in [0.2, 0.25) is 0 Å².